The van der Waals surface area contributed by atoms with Crippen LogP contribution in [0, 0.1) is 35.5 Å². The average Bonchev–Trinajstić information content (AvgIpc) is 3.43. The summed E-state index contributed by atoms with van der Waals surface area (Å²) in [6.07, 6.45) is 15.1. The van der Waals surface area contributed by atoms with Gasteiger partial charge in [-0.25, -0.2) is 4.79 Å². The molecular weight excluding hydrogens is 967 g/mol. The number of ether oxygens (including phenoxy) is 6. The topological polar surface area (TPSA) is 188 Å². The Bertz CT molecular complexity index is 2150. The van der Waals surface area contributed by atoms with Crippen molar-refractivity contribution in [3.63, 3.8) is 0 Å². The van der Waals surface area contributed by atoms with Gasteiger partial charge in [0.1, 0.15) is 30.1 Å². The van der Waals surface area contributed by atoms with Crippen LogP contribution in [0.1, 0.15) is 138 Å². The third-order valence-electron chi connectivity index (χ3n) is 16.6. The van der Waals surface area contributed by atoms with E-state index < -0.39 is 71.8 Å². The number of amides is 1. The Labute approximate surface area is 454 Å². The van der Waals surface area contributed by atoms with E-state index in [1.165, 1.54) is 4.90 Å². The minimum Gasteiger partial charge on any atom is -0.460 e. The van der Waals surface area contributed by atoms with Crippen LogP contribution in [0.4, 0.5) is 0 Å². The SMILES string of the molecule is C=C1[C@H](C)C[C@H](C)/C=C/C=C/C=C(\C)C(OCCc2ccccc2)C[C@@H]2CC[C@@H](C)[C@@](O)(O2)C(=O)C(=O)N2CCCCC2C(=O)O[C@H]([C@H](C)C[C@@H]2CC[C@@H](OCCCO)[C@H](OC)C2)CC(=O)[C@H](C)/C=C(\C)[C@@H](O)[C@H]1OC. The lowest BCUT2D eigenvalue weighted by molar-refractivity contribution is -0.266. The van der Waals surface area contributed by atoms with Gasteiger partial charge in [-0.15, -0.1) is 0 Å². The minimum atomic E-state index is -2.45. The monoisotopic (exact) mass is 1060 g/mol. The molecule has 0 aromatic heterocycles. The average molecular weight is 1060 g/mol. The number of esters is 1. The number of hydrogen-bond acceptors (Lipinski definition) is 13. The van der Waals surface area contributed by atoms with Crippen LogP contribution < -0.4 is 0 Å². The van der Waals surface area contributed by atoms with E-state index >= 15 is 0 Å². The number of carbonyl (C=O) groups is 4. The summed E-state index contributed by atoms with van der Waals surface area (Å²) in [4.78, 5) is 59.3. The van der Waals surface area contributed by atoms with Gasteiger partial charge in [-0.2, -0.15) is 0 Å². The van der Waals surface area contributed by atoms with Crippen molar-refractivity contribution in [1.29, 1.82) is 0 Å². The van der Waals surface area contributed by atoms with Crippen LogP contribution in [0.3, 0.4) is 0 Å². The summed E-state index contributed by atoms with van der Waals surface area (Å²) < 4.78 is 37.2. The molecule has 2 bridgehead atoms. The van der Waals surface area contributed by atoms with Crippen molar-refractivity contribution in [1.82, 2.24) is 4.90 Å². The maximum absolute atomic E-state index is 14.7. The van der Waals surface area contributed by atoms with Crippen molar-refractivity contribution < 1.29 is 62.9 Å². The summed E-state index contributed by atoms with van der Waals surface area (Å²) in [5.41, 5.74) is 3.34. The van der Waals surface area contributed by atoms with Gasteiger partial charge < -0.3 is 48.6 Å². The van der Waals surface area contributed by atoms with E-state index in [-0.39, 0.29) is 67.7 Å². The Morgan fingerprint density at radius 3 is 2.32 bits per heavy atom. The number of fused-ring (bicyclic) bond motifs is 3. The van der Waals surface area contributed by atoms with E-state index in [9.17, 15) is 34.5 Å². The molecule has 2 saturated heterocycles. The molecule has 3 fully saturated rings. The van der Waals surface area contributed by atoms with E-state index in [1.807, 2.05) is 56.4 Å². The molecule has 1 aromatic rings. The quantitative estimate of drug-likeness (QED) is 0.0735. The summed E-state index contributed by atoms with van der Waals surface area (Å²) in [5.74, 6) is -6.89. The van der Waals surface area contributed by atoms with E-state index in [1.54, 1.807) is 41.1 Å². The van der Waals surface area contributed by atoms with Crippen LogP contribution in [0.15, 0.2) is 90.1 Å². The molecule has 1 amide bonds. The molecule has 3 N–H and O–H groups in total. The first-order valence-electron chi connectivity index (χ1n) is 28.3. The summed E-state index contributed by atoms with van der Waals surface area (Å²) in [7, 11) is 3.21. The third kappa shape index (κ3) is 17.7. The molecule has 1 aliphatic carbocycles. The van der Waals surface area contributed by atoms with E-state index in [0.717, 1.165) is 36.0 Å². The molecular formula is C62H93NO13. The Kier molecular flexibility index (Phi) is 25.5. The number of rotatable bonds is 13. The molecule has 0 radical (unpaired) electrons. The number of cyclic esters (lactones) is 1. The number of carbonyl (C=O) groups excluding carboxylic acids is 4. The Morgan fingerprint density at radius 1 is 0.855 bits per heavy atom. The van der Waals surface area contributed by atoms with Gasteiger partial charge in [-0.3, -0.25) is 14.4 Å². The van der Waals surface area contributed by atoms with Gasteiger partial charge in [0.25, 0.3) is 11.7 Å². The van der Waals surface area contributed by atoms with Crippen LogP contribution in [0.2, 0.25) is 0 Å². The Hall–Kier alpha value is -4.12. The van der Waals surface area contributed by atoms with Crippen LogP contribution in [-0.2, 0) is 54.0 Å². The first-order valence-corrected chi connectivity index (χ1v) is 28.3. The maximum Gasteiger partial charge on any atom is 0.329 e. The smallest absolute Gasteiger partial charge is 0.329 e. The number of hydrogen-bond donors (Lipinski definition) is 3. The molecule has 424 valence electrons. The first kappa shape index (κ1) is 62.7. The summed E-state index contributed by atoms with van der Waals surface area (Å²) >= 11 is 0. The van der Waals surface area contributed by atoms with E-state index in [4.69, 9.17) is 28.4 Å². The normalized spacial score (nSPS) is 36.2. The molecule has 2 unspecified atom stereocenters. The third-order valence-corrected chi connectivity index (χ3v) is 16.6. The van der Waals surface area contributed by atoms with Crippen molar-refractivity contribution in [2.24, 2.45) is 35.5 Å². The molecule has 1 saturated carbocycles. The lowest BCUT2D eigenvalue weighted by Gasteiger charge is -2.43. The maximum atomic E-state index is 14.7. The molecule has 14 heteroatoms. The van der Waals surface area contributed by atoms with Gasteiger partial charge in [0, 0.05) is 58.7 Å². The van der Waals surface area contributed by atoms with Gasteiger partial charge in [-0.1, -0.05) is 108 Å². The molecule has 15 atom stereocenters. The van der Waals surface area contributed by atoms with E-state index in [0.29, 0.717) is 76.6 Å². The molecule has 76 heavy (non-hydrogen) atoms. The lowest BCUT2D eigenvalue weighted by Crippen LogP contribution is -2.61. The van der Waals surface area contributed by atoms with Gasteiger partial charge in [0.15, 0.2) is 0 Å². The van der Waals surface area contributed by atoms with Crippen LogP contribution in [-0.4, -0.2) is 139 Å². The highest BCUT2D eigenvalue weighted by atomic mass is 16.6. The lowest BCUT2D eigenvalue weighted by atomic mass is 9.78. The van der Waals surface area contributed by atoms with Crippen LogP contribution in [0.25, 0.3) is 0 Å². The van der Waals surface area contributed by atoms with Crippen molar-refractivity contribution >= 4 is 23.4 Å². The standard InChI is InChI=1S/C62H93NO13/c1-40-20-13-11-14-21-41(2)54(74-33-29-48-22-15-12-16-23-48)38-50-27-25-46(7)62(70,76-50)59(67)60(68)63-30-18-17-24-51(63)61(69)75-55(44(5)36-49-26-28-53(56(37-49)71-9)73-32-19-31-64)39-52(65)43(4)35-45(6)57(66)58(72-10)47(8)42(3)34-40/h11-16,20-23,35,40,42-44,46,49-51,53-58,64,66,70H,8,17-19,24-34,36-39H2,1-7,9-10H3/b14-11+,20-13+,41-21+,45-35+/t40-,42-,43-,44-,46-,49+,50+,51?,53-,54?,55+,56-,57-,58+,62-/m1/s1. The number of aliphatic hydroxyl groups excluding tert-OH is 2. The zero-order chi connectivity index (χ0) is 55.5. The zero-order valence-corrected chi connectivity index (χ0v) is 47.2. The Morgan fingerprint density at radius 2 is 1.61 bits per heavy atom. The number of benzene rings is 1. The fraction of sp³-hybridized carbons (Fsp3) is 0.677. The summed E-state index contributed by atoms with van der Waals surface area (Å²) in [6, 6.07) is 8.92. The largest absolute Gasteiger partial charge is 0.460 e. The van der Waals surface area contributed by atoms with Crippen molar-refractivity contribution in [3.05, 3.63) is 95.6 Å². The van der Waals surface area contributed by atoms with Gasteiger partial charge in [0.2, 0.25) is 5.79 Å². The minimum absolute atomic E-state index is 0.0136. The number of allylic oxidation sites excluding steroid dienone is 6. The fourth-order valence-electron chi connectivity index (χ4n) is 11.6. The van der Waals surface area contributed by atoms with Gasteiger partial charge in [0.05, 0.1) is 31.0 Å². The second kappa shape index (κ2) is 30.9. The number of nitrogens with zero attached hydrogens (tertiary/aromatic N) is 1. The number of Topliss-reactive ketones (excluding diaryl/α,β-unsaturated/α-hetero) is 2. The number of methoxy groups -OCH3 is 2. The zero-order valence-electron chi connectivity index (χ0n) is 47.2. The second-order valence-electron chi connectivity index (χ2n) is 22.6. The number of aliphatic hydroxyl groups is 3. The predicted molar refractivity (Wildman–Crippen MR) is 294 cm³/mol. The first-order chi connectivity index (χ1) is 36.3. The molecule has 4 aliphatic rings. The molecule has 1 aromatic carbocycles. The molecule has 0 spiro atoms. The van der Waals surface area contributed by atoms with Gasteiger partial charge in [-0.05, 0) is 137 Å². The Balaban J connectivity index is 1.47. The van der Waals surface area contributed by atoms with Crippen LogP contribution >= 0.6 is 0 Å². The van der Waals surface area contributed by atoms with Gasteiger partial charge >= 0.3 is 5.97 Å². The molecule has 14 nitrogen and oxygen atoms in total. The second-order valence-corrected chi connectivity index (χ2v) is 22.6. The highest BCUT2D eigenvalue weighted by molar-refractivity contribution is 6.39. The van der Waals surface area contributed by atoms with E-state index in [2.05, 4.69) is 38.6 Å². The van der Waals surface area contributed by atoms with Crippen molar-refractivity contribution in [3.8, 4) is 0 Å². The fourth-order valence-corrected chi connectivity index (χ4v) is 11.6. The molecule has 3 heterocycles. The highest BCUT2D eigenvalue weighted by Gasteiger charge is 2.53. The molecule has 3 aliphatic heterocycles. The number of ketones is 2. The predicted octanol–water partition coefficient (Wildman–Crippen LogP) is 9.19. The summed E-state index contributed by atoms with van der Waals surface area (Å²) in [5, 5.41) is 33.3. The van der Waals surface area contributed by atoms with Crippen LogP contribution in [0.5, 0.6) is 0 Å². The molecule has 5 rings (SSSR count). The summed E-state index contributed by atoms with van der Waals surface area (Å²) in [6.45, 7) is 18.8. The highest BCUT2D eigenvalue weighted by Crippen LogP contribution is 2.38. The number of piperidine rings is 1. The van der Waals surface area contributed by atoms with Crippen molar-refractivity contribution in [2.75, 3.05) is 40.6 Å². The van der Waals surface area contributed by atoms with Crippen molar-refractivity contribution in [2.45, 2.75) is 193 Å².